The molecule has 78 valence electrons. The molecule has 0 aliphatic carbocycles. The van der Waals surface area contributed by atoms with Crippen LogP contribution in [0.2, 0.25) is 0 Å². The van der Waals surface area contributed by atoms with Crippen LogP contribution in [0.15, 0.2) is 0 Å². The molecular weight excluding hydrogens is 166 g/mol. The third-order valence-electron chi connectivity index (χ3n) is 1.44. The molecule has 1 N–H and O–H groups in total. The molecule has 0 aromatic heterocycles. The first kappa shape index (κ1) is 14.7. The van der Waals surface area contributed by atoms with Gasteiger partial charge >= 0.3 is 0 Å². The van der Waals surface area contributed by atoms with Crippen molar-refractivity contribution in [3.8, 4) is 0 Å². The van der Waals surface area contributed by atoms with Crippen molar-refractivity contribution in [3.63, 3.8) is 0 Å². The molecule has 3 nitrogen and oxygen atoms in total. The number of hydrogen-bond acceptors (Lipinski definition) is 2. The third kappa shape index (κ3) is 11.1. The van der Waals surface area contributed by atoms with E-state index in [4.69, 9.17) is 0 Å². The van der Waals surface area contributed by atoms with Crippen molar-refractivity contribution < 1.29 is 9.59 Å². The first-order valence-electron chi connectivity index (χ1n) is 4.99. The molecule has 0 aromatic carbocycles. The minimum atomic E-state index is 0.00824. The van der Waals surface area contributed by atoms with Crippen molar-refractivity contribution in [1.82, 2.24) is 5.32 Å². The lowest BCUT2D eigenvalue weighted by atomic mass is 10.2. The summed E-state index contributed by atoms with van der Waals surface area (Å²) in [7, 11) is 0. The first-order chi connectivity index (χ1) is 6.20. The van der Waals surface area contributed by atoms with Crippen LogP contribution >= 0.6 is 0 Å². The molecule has 0 bridgehead atoms. The molecule has 0 radical (unpaired) electrons. The highest BCUT2D eigenvalue weighted by atomic mass is 16.1. The van der Waals surface area contributed by atoms with E-state index in [1.165, 1.54) is 0 Å². The second-order valence-electron chi connectivity index (χ2n) is 2.35. The lowest BCUT2D eigenvalue weighted by Crippen LogP contribution is -2.24. The van der Waals surface area contributed by atoms with Crippen molar-refractivity contribution >= 4 is 11.7 Å². The zero-order chi connectivity index (χ0) is 10.7. The predicted molar refractivity (Wildman–Crippen MR) is 54.6 cm³/mol. The Hall–Kier alpha value is -0.860. The number of amides is 1. The number of ketones is 1. The summed E-state index contributed by atoms with van der Waals surface area (Å²) in [5.41, 5.74) is 0. The Balaban J connectivity index is 0. The SMILES string of the molecule is CC.CCC(=O)CCNC(=O)CC. The van der Waals surface area contributed by atoms with Gasteiger partial charge in [-0.05, 0) is 0 Å². The first-order valence-corrected chi connectivity index (χ1v) is 4.99. The highest BCUT2D eigenvalue weighted by Crippen LogP contribution is 1.86. The van der Waals surface area contributed by atoms with Crippen LogP contribution < -0.4 is 5.32 Å². The van der Waals surface area contributed by atoms with Gasteiger partial charge in [0.15, 0.2) is 0 Å². The Morgan fingerprint density at radius 2 is 1.62 bits per heavy atom. The van der Waals surface area contributed by atoms with Gasteiger partial charge in [0.05, 0.1) is 0 Å². The fraction of sp³-hybridized carbons (Fsp3) is 0.800. The standard InChI is InChI=1S/C8H15NO2.C2H6/c1-3-7(10)5-6-9-8(11)4-2;1-2/h3-6H2,1-2H3,(H,9,11);1-2H3. The number of rotatable bonds is 5. The van der Waals surface area contributed by atoms with Gasteiger partial charge in [-0.15, -0.1) is 0 Å². The smallest absolute Gasteiger partial charge is 0.219 e. The maximum atomic E-state index is 10.7. The minimum Gasteiger partial charge on any atom is -0.356 e. The average molecular weight is 187 g/mol. The quantitative estimate of drug-likeness (QED) is 0.714. The average Bonchev–Trinajstić information content (AvgIpc) is 2.20. The molecule has 0 heterocycles. The maximum absolute atomic E-state index is 10.7. The van der Waals surface area contributed by atoms with Gasteiger partial charge in [-0.25, -0.2) is 0 Å². The molecule has 0 aliphatic rings. The molecule has 0 saturated carbocycles. The summed E-state index contributed by atoms with van der Waals surface area (Å²) >= 11 is 0. The number of nitrogens with one attached hydrogen (secondary N) is 1. The van der Waals surface area contributed by atoms with E-state index in [0.717, 1.165) is 0 Å². The van der Waals surface area contributed by atoms with Crippen molar-refractivity contribution in [2.24, 2.45) is 0 Å². The Kier molecular flexibility index (Phi) is 12.6. The predicted octanol–water partition coefficient (Wildman–Crippen LogP) is 1.91. The molecule has 13 heavy (non-hydrogen) atoms. The van der Waals surface area contributed by atoms with E-state index in [1.54, 1.807) is 6.92 Å². The van der Waals surface area contributed by atoms with Gasteiger partial charge in [-0.2, -0.15) is 0 Å². The Morgan fingerprint density at radius 1 is 1.08 bits per heavy atom. The van der Waals surface area contributed by atoms with E-state index in [0.29, 0.717) is 25.8 Å². The molecule has 0 atom stereocenters. The molecule has 0 aromatic rings. The fourth-order valence-corrected chi connectivity index (χ4v) is 0.643. The summed E-state index contributed by atoms with van der Waals surface area (Å²) in [5.74, 6) is 0.204. The van der Waals surface area contributed by atoms with Gasteiger partial charge in [-0.1, -0.05) is 27.7 Å². The minimum absolute atomic E-state index is 0.00824. The van der Waals surface area contributed by atoms with E-state index in [-0.39, 0.29) is 11.7 Å². The van der Waals surface area contributed by atoms with Crippen LogP contribution in [0.5, 0.6) is 0 Å². The van der Waals surface area contributed by atoms with Crippen molar-refractivity contribution in [2.45, 2.75) is 47.0 Å². The molecule has 1 amide bonds. The monoisotopic (exact) mass is 187 g/mol. The largest absolute Gasteiger partial charge is 0.356 e. The summed E-state index contributed by atoms with van der Waals surface area (Å²) in [6, 6.07) is 0. The van der Waals surface area contributed by atoms with Crippen molar-refractivity contribution in [3.05, 3.63) is 0 Å². The van der Waals surface area contributed by atoms with Crippen molar-refractivity contribution in [2.75, 3.05) is 6.54 Å². The van der Waals surface area contributed by atoms with E-state index in [2.05, 4.69) is 5.32 Å². The molecule has 3 heteroatoms. The fourth-order valence-electron chi connectivity index (χ4n) is 0.643. The van der Waals surface area contributed by atoms with E-state index >= 15 is 0 Å². The van der Waals surface area contributed by atoms with E-state index < -0.39 is 0 Å². The lowest BCUT2D eigenvalue weighted by Gasteiger charge is -2.00. The summed E-state index contributed by atoms with van der Waals surface area (Å²) in [4.78, 5) is 21.4. The van der Waals surface area contributed by atoms with Crippen LogP contribution in [-0.4, -0.2) is 18.2 Å². The van der Waals surface area contributed by atoms with Gasteiger partial charge in [0, 0.05) is 25.8 Å². The number of carbonyl (C=O) groups is 2. The zero-order valence-electron chi connectivity index (χ0n) is 9.14. The Labute approximate surface area is 80.9 Å². The summed E-state index contributed by atoms with van der Waals surface area (Å²) in [6.07, 6.45) is 1.50. The number of hydrogen-bond donors (Lipinski definition) is 1. The number of Topliss-reactive ketones (excluding diaryl/α,β-unsaturated/α-hetero) is 1. The molecule has 0 aliphatic heterocycles. The van der Waals surface area contributed by atoms with E-state index in [9.17, 15) is 9.59 Å². The topological polar surface area (TPSA) is 46.2 Å². The lowest BCUT2D eigenvalue weighted by molar-refractivity contribution is -0.121. The van der Waals surface area contributed by atoms with Crippen LogP contribution in [0, 0.1) is 0 Å². The van der Waals surface area contributed by atoms with Gasteiger partial charge in [0.25, 0.3) is 0 Å². The van der Waals surface area contributed by atoms with Gasteiger partial charge in [0.1, 0.15) is 5.78 Å². The third-order valence-corrected chi connectivity index (χ3v) is 1.44. The normalized spacial score (nSPS) is 8.31. The molecule has 0 rings (SSSR count). The maximum Gasteiger partial charge on any atom is 0.219 e. The molecule has 0 fully saturated rings. The van der Waals surface area contributed by atoms with Crippen LogP contribution in [0.3, 0.4) is 0 Å². The zero-order valence-corrected chi connectivity index (χ0v) is 9.14. The van der Waals surface area contributed by atoms with Crippen LogP contribution in [-0.2, 0) is 9.59 Å². The molecular formula is C10H21NO2. The second kappa shape index (κ2) is 11.1. The molecule has 0 unspecified atom stereocenters. The summed E-state index contributed by atoms with van der Waals surface area (Å²) in [5, 5.41) is 2.64. The Bertz CT molecular complexity index is 128. The Morgan fingerprint density at radius 3 is 2.00 bits per heavy atom. The van der Waals surface area contributed by atoms with Gasteiger partial charge in [-0.3, -0.25) is 9.59 Å². The number of carbonyl (C=O) groups excluding carboxylic acids is 2. The van der Waals surface area contributed by atoms with Crippen LogP contribution in [0.25, 0.3) is 0 Å². The van der Waals surface area contributed by atoms with Crippen molar-refractivity contribution in [1.29, 1.82) is 0 Å². The summed E-state index contributed by atoms with van der Waals surface area (Å²) < 4.78 is 0. The molecule has 0 spiro atoms. The van der Waals surface area contributed by atoms with Gasteiger partial charge in [0.2, 0.25) is 5.91 Å². The highest BCUT2D eigenvalue weighted by molar-refractivity contribution is 5.79. The molecule has 0 saturated heterocycles. The van der Waals surface area contributed by atoms with E-state index in [1.807, 2.05) is 20.8 Å². The van der Waals surface area contributed by atoms with Crippen LogP contribution in [0.4, 0.5) is 0 Å². The second-order valence-corrected chi connectivity index (χ2v) is 2.35. The van der Waals surface area contributed by atoms with Gasteiger partial charge < -0.3 is 5.32 Å². The highest BCUT2D eigenvalue weighted by Gasteiger charge is 1.99. The summed E-state index contributed by atoms with van der Waals surface area (Å²) in [6.45, 7) is 8.10. The van der Waals surface area contributed by atoms with Crippen LogP contribution in [0.1, 0.15) is 47.0 Å².